The second-order valence-corrected chi connectivity index (χ2v) is 5.85. The molecule has 1 aliphatic rings. The van der Waals surface area contributed by atoms with Crippen LogP contribution in [-0.4, -0.2) is 13.7 Å². The van der Waals surface area contributed by atoms with E-state index in [0.717, 1.165) is 18.7 Å². The SMILES string of the molecule is COc1ccc2c(c1)C(NCCc1cccc(C)c1)CC2. The Balaban J connectivity index is 1.60. The van der Waals surface area contributed by atoms with Gasteiger partial charge in [-0.1, -0.05) is 35.9 Å². The quantitative estimate of drug-likeness (QED) is 0.899. The van der Waals surface area contributed by atoms with E-state index in [1.54, 1.807) is 7.11 Å². The van der Waals surface area contributed by atoms with E-state index in [0.29, 0.717) is 6.04 Å². The topological polar surface area (TPSA) is 21.3 Å². The molecule has 0 fully saturated rings. The molecule has 0 spiro atoms. The molecule has 0 bridgehead atoms. The maximum absolute atomic E-state index is 5.35. The lowest BCUT2D eigenvalue weighted by atomic mass is 10.1. The summed E-state index contributed by atoms with van der Waals surface area (Å²) < 4.78 is 5.35. The Morgan fingerprint density at radius 3 is 2.90 bits per heavy atom. The van der Waals surface area contributed by atoms with Crippen LogP contribution in [0.5, 0.6) is 5.75 Å². The average Bonchev–Trinajstić information content (AvgIpc) is 2.90. The Hall–Kier alpha value is -1.80. The highest BCUT2D eigenvalue weighted by atomic mass is 16.5. The van der Waals surface area contributed by atoms with Gasteiger partial charge in [0.25, 0.3) is 0 Å². The number of hydrogen-bond donors (Lipinski definition) is 1. The number of fused-ring (bicyclic) bond motifs is 1. The van der Waals surface area contributed by atoms with Crippen molar-refractivity contribution in [3.63, 3.8) is 0 Å². The van der Waals surface area contributed by atoms with E-state index in [1.807, 2.05) is 0 Å². The summed E-state index contributed by atoms with van der Waals surface area (Å²) in [5.74, 6) is 0.959. The molecule has 0 saturated carbocycles. The molecule has 0 radical (unpaired) electrons. The number of methoxy groups -OCH3 is 1. The van der Waals surface area contributed by atoms with E-state index in [4.69, 9.17) is 4.74 Å². The highest BCUT2D eigenvalue weighted by Gasteiger charge is 2.22. The molecule has 3 rings (SSSR count). The molecule has 0 aliphatic heterocycles. The lowest BCUT2D eigenvalue weighted by Gasteiger charge is -2.15. The van der Waals surface area contributed by atoms with Crippen molar-refractivity contribution >= 4 is 0 Å². The van der Waals surface area contributed by atoms with Crippen LogP contribution in [-0.2, 0) is 12.8 Å². The fourth-order valence-electron chi connectivity index (χ4n) is 3.18. The third kappa shape index (κ3) is 3.27. The van der Waals surface area contributed by atoms with Gasteiger partial charge < -0.3 is 10.1 Å². The zero-order chi connectivity index (χ0) is 14.7. The zero-order valence-electron chi connectivity index (χ0n) is 12.9. The third-order valence-corrected chi connectivity index (χ3v) is 4.32. The lowest BCUT2D eigenvalue weighted by molar-refractivity contribution is 0.413. The zero-order valence-corrected chi connectivity index (χ0v) is 12.9. The molecule has 1 unspecified atom stereocenters. The van der Waals surface area contributed by atoms with Crippen molar-refractivity contribution in [2.45, 2.75) is 32.2 Å². The van der Waals surface area contributed by atoms with Crippen LogP contribution in [0.4, 0.5) is 0 Å². The molecule has 0 aromatic heterocycles. The van der Waals surface area contributed by atoms with Crippen LogP contribution in [0.15, 0.2) is 42.5 Å². The summed E-state index contributed by atoms with van der Waals surface area (Å²) in [7, 11) is 1.73. The lowest BCUT2D eigenvalue weighted by Crippen LogP contribution is -2.21. The summed E-state index contributed by atoms with van der Waals surface area (Å²) in [5, 5.41) is 3.70. The summed E-state index contributed by atoms with van der Waals surface area (Å²) in [4.78, 5) is 0. The molecule has 2 aromatic carbocycles. The standard InChI is InChI=1S/C19H23NO/c1-14-4-3-5-15(12-14)10-11-20-19-9-7-16-6-8-17(21-2)13-18(16)19/h3-6,8,12-13,19-20H,7,9-11H2,1-2H3. The monoisotopic (exact) mass is 281 g/mol. The summed E-state index contributed by atoms with van der Waals surface area (Å²) in [6, 6.07) is 15.7. The highest BCUT2D eigenvalue weighted by Crippen LogP contribution is 2.33. The van der Waals surface area contributed by atoms with E-state index in [9.17, 15) is 0 Å². The van der Waals surface area contributed by atoms with Gasteiger partial charge in [0, 0.05) is 6.04 Å². The van der Waals surface area contributed by atoms with Gasteiger partial charge in [-0.2, -0.15) is 0 Å². The molecule has 1 N–H and O–H groups in total. The first kappa shape index (κ1) is 14.2. The van der Waals surface area contributed by atoms with Crippen LogP contribution in [0, 0.1) is 6.92 Å². The predicted molar refractivity (Wildman–Crippen MR) is 86.9 cm³/mol. The smallest absolute Gasteiger partial charge is 0.119 e. The van der Waals surface area contributed by atoms with E-state index in [-0.39, 0.29) is 0 Å². The Morgan fingerprint density at radius 2 is 2.10 bits per heavy atom. The first-order valence-electron chi connectivity index (χ1n) is 7.72. The van der Waals surface area contributed by atoms with E-state index in [2.05, 4.69) is 54.7 Å². The van der Waals surface area contributed by atoms with Crippen LogP contribution >= 0.6 is 0 Å². The van der Waals surface area contributed by atoms with Crippen molar-refractivity contribution in [2.24, 2.45) is 0 Å². The molecular formula is C19H23NO. The van der Waals surface area contributed by atoms with Gasteiger partial charge in [0.05, 0.1) is 7.11 Å². The second-order valence-electron chi connectivity index (χ2n) is 5.85. The number of benzene rings is 2. The number of hydrogen-bond acceptors (Lipinski definition) is 2. The molecule has 2 nitrogen and oxygen atoms in total. The predicted octanol–water partition coefficient (Wildman–Crippen LogP) is 3.82. The summed E-state index contributed by atoms with van der Waals surface area (Å²) >= 11 is 0. The van der Waals surface area contributed by atoms with Gasteiger partial charge >= 0.3 is 0 Å². The van der Waals surface area contributed by atoms with Crippen LogP contribution in [0.2, 0.25) is 0 Å². The molecular weight excluding hydrogens is 258 g/mol. The van der Waals surface area contributed by atoms with Crippen molar-refractivity contribution in [2.75, 3.05) is 13.7 Å². The van der Waals surface area contributed by atoms with E-state index in [1.165, 1.54) is 35.1 Å². The molecule has 0 heterocycles. The summed E-state index contributed by atoms with van der Waals surface area (Å²) in [6.45, 7) is 3.17. The minimum Gasteiger partial charge on any atom is -0.497 e. The minimum atomic E-state index is 0.472. The molecule has 1 aliphatic carbocycles. The molecule has 21 heavy (non-hydrogen) atoms. The largest absolute Gasteiger partial charge is 0.497 e. The van der Waals surface area contributed by atoms with Crippen molar-refractivity contribution in [3.05, 3.63) is 64.7 Å². The molecule has 0 saturated heterocycles. The van der Waals surface area contributed by atoms with Crippen molar-refractivity contribution in [1.29, 1.82) is 0 Å². The molecule has 1 atom stereocenters. The molecule has 2 aromatic rings. The highest BCUT2D eigenvalue weighted by molar-refractivity contribution is 5.40. The normalized spacial score (nSPS) is 16.8. The average molecular weight is 281 g/mol. The van der Waals surface area contributed by atoms with Gasteiger partial charge in [0.15, 0.2) is 0 Å². The minimum absolute atomic E-state index is 0.472. The Kier molecular flexibility index (Phi) is 4.26. The van der Waals surface area contributed by atoms with Crippen LogP contribution in [0.3, 0.4) is 0 Å². The van der Waals surface area contributed by atoms with Crippen molar-refractivity contribution in [1.82, 2.24) is 5.32 Å². The summed E-state index contributed by atoms with van der Waals surface area (Å²) in [5.41, 5.74) is 5.62. The Morgan fingerprint density at radius 1 is 1.19 bits per heavy atom. The van der Waals surface area contributed by atoms with Crippen LogP contribution < -0.4 is 10.1 Å². The van der Waals surface area contributed by atoms with E-state index < -0.39 is 0 Å². The number of aryl methyl sites for hydroxylation is 2. The van der Waals surface area contributed by atoms with Gasteiger partial charge in [-0.05, 0) is 61.6 Å². The first-order chi connectivity index (χ1) is 10.3. The van der Waals surface area contributed by atoms with E-state index >= 15 is 0 Å². The fourth-order valence-corrected chi connectivity index (χ4v) is 3.18. The number of ether oxygens (including phenoxy) is 1. The maximum atomic E-state index is 5.35. The van der Waals surface area contributed by atoms with Gasteiger partial charge in [-0.15, -0.1) is 0 Å². The first-order valence-corrected chi connectivity index (χ1v) is 7.72. The van der Waals surface area contributed by atoms with Crippen LogP contribution in [0.1, 0.15) is 34.7 Å². The van der Waals surface area contributed by atoms with Crippen molar-refractivity contribution < 1.29 is 4.74 Å². The molecule has 2 heteroatoms. The molecule has 110 valence electrons. The summed E-state index contributed by atoms with van der Waals surface area (Å²) in [6.07, 6.45) is 3.44. The number of nitrogens with one attached hydrogen (secondary N) is 1. The molecule has 0 amide bonds. The van der Waals surface area contributed by atoms with Gasteiger partial charge in [0.2, 0.25) is 0 Å². The van der Waals surface area contributed by atoms with Crippen LogP contribution in [0.25, 0.3) is 0 Å². The Bertz CT molecular complexity index is 621. The number of rotatable bonds is 5. The maximum Gasteiger partial charge on any atom is 0.119 e. The van der Waals surface area contributed by atoms with Gasteiger partial charge in [-0.3, -0.25) is 0 Å². The van der Waals surface area contributed by atoms with Gasteiger partial charge in [0.1, 0.15) is 5.75 Å². The Labute approximate surface area is 127 Å². The van der Waals surface area contributed by atoms with Gasteiger partial charge in [-0.25, -0.2) is 0 Å². The second kappa shape index (κ2) is 6.31. The third-order valence-electron chi connectivity index (χ3n) is 4.32. The van der Waals surface area contributed by atoms with Crippen molar-refractivity contribution in [3.8, 4) is 5.75 Å². The fraction of sp³-hybridized carbons (Fsp3) is 0.368.